The van der Waals surface area contributed by atoms with Crippen LogP contribution in [0.25, 0.3) is 0 Å². The zero-order valence-corrected chi connectivity index (χ0v) is 24.2. The number of allylic oxidation sites excluding steroid dienone is 2. The smallest absolute Gasteiger partial charge is 0.333 e. The fraction of sp³-hybridized carbons (Fsp3) is 0.710. The number of carbonyl (C=O) groups excluding carboxylic acids is 3. The minimum absolute atomic E-state index is 0.150. The Morgan fingerprint density at radius 1 is 1.18 bits per heavy atom. The number of Topliss-reactive ketones (excluding diaryl/α,β-unsaturated/α-hetero) is 1. The van der Waals surface area contributed by atoms with E-state index >= 15 is 0 Å². The molecule has 2 bridgehead atoms. The first-order chi connectivity index (χ1) is 18.2. The number of rotatable bonds is 8. The molecule has 2 fully saturated rings. The maximum atomic E-state index is 14.6. The molecule has 0 amide bonds. The quantitative estimate of drug-likeness (QED) is 0.183. The van der Waals surface area contributed by atoms with Crippen LogP contribution >= 0.6 is 0 Å². The van der Waals surface area contributed by atoms with Crippen molar-refractivity contribution in [3.05, 3.63) is 34.9 Å². The number of fused-ring (bicyclic) bond motifs is 3. The number of aliphatic hydroxyl groups excluding tert-OH is 2. The molecule has 0 aromatic heterocycles. The largest absolute Gasteiger partial charge is 0.458 e. The zero-order valence-electron chi connectivity index (χ0n) is 24.2. The third-order valence-corrected chi connectivity index (χ3v) is 10.3. The summed E-state index contributed by atoms with van der Waals surface area (Å²) in [5, 5.41) is 35.1. The Morgan fingerprint density at radius 2 is 1.85 bits per heavy atom. The predicted octanol–water partition coefficient (Wildman–Crippen LogP) is 3.58. The van der Waals surface area contributed by atoms with Gasteiger partial charge in [-0.2, -0.15) is 0 Å². The summed E-state index contributed by atoms with van der Waals surface area (Å²) in [5.74, 6) is -3.02. The van der Waals surface area contributed by atoms with E-state index in [2.05, 4.69) is 6.92 Å². The molecule has 8 heteroatoms. The fourth-order valence-corrected chi connectivity index (χ4v) is 7.87. The molecule has 39 heavy (non-hydrogen) atoms. The minimum atomic E-state index is -2.27. The van der Waals surface area contributed by atoms with Crippen LogP contribution < -0.4 is 0 Å². The molecule has 8 nitrogen and oxygen atoms in total. The molecule has 4 aliphatic carbocycles. The van der Waals surface area contributed by atoms with Crippen LogP contribution in [0.5, 0.6) is 0 Å². The maximum Gasteiger partial charge on any atom is 0.333 e. The monoisotopic (exact) mass is 544 g/mol. The van der Waals surface area contributed by atoms with Gasteiger partial charge in [0.15, 0.2) is 5.78 Å². The van der Waals surface area contributed by atoms with Crippen LogP contribution in [0.15, 0.2) is 34.9 Å². The summed E-state index contributed by atoms with van der Waals surface area (Å²) in [6.45, 7) is 12.4. The summed E-state index contributed by atoms with van der Waals surface area (Å²) >= 11 is 0. The fourth-order valence-electron chi connectivity index (χ4n) is 7.87. The lowest BCUT2D eigenvalue weighted by molar-refractivity contribution is -0.192. The van der Waals surface area contributed by atoms with Crippen molar-refractivity contribution in [2.75, 3.05) is 6.61 Å². The molecule has 3 N–H and O–H groups in total. The molecular formula is C31H44O8. The van der Waals surface area contributed by atoms with Gasteiger partial charge in [0.1, 0.15) is 30.0 Å². The molecule has 4 aliphatic rings. The van der Waals surface area contributed by atoms with E-state index in [9.17, 15) is 29.7 Å². The van der Waals surface area contributed by atoms with Crippen molar-refractivity contribution in [3.63, 3.8) is 0 Å². The molecule has 0 aromatic carbocycles. The number of hydrogen-bond donors (Lipinski definition) is 3. The van der Waals surface area contributed by atoms with Gasteiger partial charge in [0.05, 0.1) is 5.41 Å². The Morgan fingerprint density at radius 3 is 2.46 bits per heavy atom. The van der Waals surface area contributed by atoms with Crippen LogP contribution in [0.4, 0.5) is 0 Å². The van der Waals surface area contributed by atoms with E-state index in [-0.39, 0.29) is 30.4 Å². The molecule has 4 rings (SSSR count). The summed E-state index contributed by atoms with van der Waals surface area (Å²) in [5.41, 5.74) is -4.47. The molecule has 0 radical (unpaired) electrons. The van der Waals surface area contributed by atoms with Crippen molar-refractivity contribution in [2.24, 2.45) is 28.6 Å². The first kappa shape index (κ1) is 29.7. The van der Waals surface area contributed by atoms with Crippen molar-refractivity contribution in [3.8, 4) is 0 Å². The van der Waals surface area contributed by atoms with Gasteiger partial charge in [0.2, 0.25) is 0 Å². The lowest BCUT2D eigenvalue weighted by Gasteiger charge is -2.48. The van der Waals surface area contributed by atoms with Crippen LogP contribution in [-0.2, 0) is 23.9 Å². The van der Waals surface area contributed by atoms with E-state index in [0.717, 1.165) is 19.3 Å². The lowest BCUT2D eigenvalue weighted by atomic mass is 9.59. The average Bonchev–Trinajstić information content (AvgIpc) is 3.29. The zero-order chi connectivity index (χ0) is 29.1. The minimum Gasteiger partial charge on any atom is -0.458 e. The number of ketones is 1. The third-order valence-electron chi connectivity index (χ3n) is 10.3. The Kier molecular flexibility index (Phi) is 7.58. The van der Waals surface area contributed by atoms with Gasteiger partial charge >= 0.3 is 11.9 Å². The van der Waals surface area contributed by atoms with Gasteiger partial charge in [-0.1, -0.05) is 58.8 Å². The van der Waals surface area contributed by atoms with Gasteiger partial charge in [0, 0.05) is 29.2 Å². The second-order valence-electron chi connectivity index (χ2n) is 12.7. The summed E-state index contributed by atoms with van der Waals surface area (Å²) < 4.78 is 11.7. The van der Waals surface area contributed by atoms with Gasteiger partial charge < -0.3 is 24.8 Å². The number of hydrogen-bond acceptors (Lipinski definition) is 8. The first-order valence-corrected chi connectivity index (χ1v) is 14.2. The van der Waals surface area contributed by atoms with E-state index in [1.54, 1.807) is 39.0 Å². The molecule has 216 valence electrons. The summed E-state index contributed by atoms with van der Waals surface area (Å²) in [6.07, 6.45) is 4.84. The van der Waals surface area contributed by atoms with Crippen LogP contribution in [0, 0.1) is 28.6 Å². The molecule has 0 unspecified atom stereocenters. The highest BCUT2D eigenvalue weighted by molar-refractivity contribution is 5.96. The van der Waals surface area contributed by atoms with Crippen molar-refractivity contribution in [2.45, 2.75) is 104 Å². The van der Waals surface area contributed by atoms with Crippen LogP contribution in [0.1, 0.15) is 80.6 Å². The highest BCUT2D eigenvalue weighted by Crippen LogP contribution is 2.75. The second-order valence-corrected chi connectivity index (χ2v) is 12.7. The summed E-state index contributed by atoms with van der Waals surface area (Å²) in [7, 11) is 0. The highest BCUT2D eigenvalue weighted by Gasteiger charge is 2.83. The summed E-state index contributed by atoms with van der Waals surface area (Å²) in [6, 6.07) is 0. The average molecular weight is 545 g/mol. The van der Waals surface area contributed by atoms with Crippen LogP contribution in [0.3, 0.4) is 0 Å². The van der Waals surface area contributed by atoms with E-state index in [0.29, 0.717) is 17.6 Å². The maximum absolute atomic E-state index is 14.6. The van der Waals surface area contributed by atoms with Gasteiger partial charge in [-0.15, -0.1) is 0 Å². The second kappa shape index (κ2) is 9.96. The van der Waals surface area contributed by atoms with Crippen LogP contribution in [0.2, 0.25) is 0 Å². The molecular weight excluding hydrogens is 500 g/mol. The molecule has 2 saturated carbocycles. The highest BCUT2D eigenvalue weighted by atomic mass is 16.6. The Labute approximate surface area is 231 Å². The Bertz CT molecular complexity index is 1150. The Balaban J connectivity index is 1.82. The van der Waals surface area contributed by atoms with E-state index in [1.807, 2.05) is 20.8 Å². The molecule has 1 spiro atoms. The van der Waals surface area contributed by atoms with Crippen molar-refractivity contribution in [1.29, 1.82) is 0 Å². The van der Waals surface area contributed by atoms with Gasteiger partial charge in [0.25, 0.3) is 0 Å². The van der Waals surface area contributed by atoms with Crippen molar-refractivity contribution >= 4 is 17.7 Å². The predicted molar refractivity (Wildman–Crippen MR) is 144 cm³/mol. The van der Waals surface area contributed by atoms with Gasteiger partial charge in [-0.3, -0.25) is 9.59 Å². The van der Waals surface area contributed by atoms with E-state index in [4.69, 9.17) is 9.47 Å². The van der Waals surface area contributed by atoms with Crippen molar-refractivity contribution < 1.29 is 39.2 Å². The van der Waals surface area contributed by atoms with Gasteiger partial charge in [-0.05, 0) is 50.7 Å². The molecule has 0 heterocycles. The number of aliphatic hydroxyl groups is 3. The molecule has 0 aliphatic heterocycles. The SMILES string of the molecule is C/C=C(/C)C(=O)OCC1=C[C@@H]2C(=O)[C@]3(C=C(C)[C@H](O)[C@@]3(O)[C@@H]1O)[C@H](C)C[C@]1(OC(=O)CCCCC)[C@H]2C1(C)C. The van der Waals surface area contributed by atoms with Gasteiger partial charge in [-0.25, -0.2) is 4.79 Å². The third kappa shape index (κ3) is 4.00. The van der Waals surface area contributed by atoms with E-state index in [1.165, 1.54) is 0 Å². The molecule has 0 aromatic rings. The number of ether oxygens (including phenoxy) is 2. The standard InChI is InChI=1S/C31H44O8/c1-8-10-11-12-22(32)39-30-15-19(5)29-14-18(4)24(33)31(29,37)25(34)20(16-38-27(36)17(3)9-2)13-21(26(29)35)23(30)28(30,6)7/h9,13-14,19,21,23-25,33-34,37H,8,10-12,15-16H2,1-7H3/b17-9-/t19-,21+,23-,24+,25-,29+,30+,31-/m1/s1. The number of esters is 2. The molecule has 0 saturated heterocycles. The van der Waals surface area contributed by atoms with E-state index < -0.39 is 58.0 Å². The first-order valence-electron chi connectivity index (χ1n) is 14.2. The lowest BCUT2D eigenvalue weighted by Crippen LogP contribution is -2.65. The Hall–Kier alpha value is -2.29. The summed E-state index contributed by atoms with van der Waals surface area (Å²) in [4.78, 5) is 40.0. The number of unbranched alkanes of at least 4 members (excludes halogenated alkanes) is 2. The van der Waals surface area contributed by atoms with Crippen LogP contribution in [-0.4, -0.2) is 63.1 Å². The topological polar surface area (TPSA) is 130 Å². The number of carbonyl (C=O) groups is 3. The molecule has 8 atom stereocenters. The van der Waals surface area contributed by atoms with Crippen molar-refractivity contribution in [1.82, 2.24) is 0 Å². The normalized spacial score (nSPS) is 40.4.